The highest BCUT2D eigenvalue weighted by Gasteiger charge is 2.13. The van der Waals surface area contributed by atoms with Crippen molar-refractivity contribution in [2.75, 3.05) is 0 Å². The number of carbonyl (C=O) groups is 1. The van der Waals surface area contributed by atoms with Crippen LogP contribution in [0.5, 0.6) is 0 Å². The smallest absolute Gasteiger partial charge is 0.325 e. The van der Waals surface area contributed by atoms with Crippen molar-refractivity contribution in [1.82, 2.24) is 9.78 Å². The second kappa shape index (κ2) is 6.61. The van der Waals surface area contributed by atoms with Crippen LogP contribution in [0.4, 0.5) is 5.69 Å². The SMILES string of the molecule is CC(=O)c1nn(-c2ccc(Cl)cc2)c(=Nc2cccc3ccccc23)o1. The predicted molar refractivity (Wildman–Crippen MR) is 100 cm³/mol. The molecule has 0 bridgehead atoms. The summed E-state index contributed by atoms with van der Waals surface area (Å²) in [6.07, 6.45) is 0. The quantitative estimate of drug-likeness (QED) is 0.495. The molecule has 0 radical (unpaired) electrons. The first-order valence-electron chi connectivity index (χ1n) is 8.01. The Morgan fingerprint density at radius 2 is 1.77 bits per heavy atom. The van der Waals surface area contributed by atoms with Crippen LogP contribution in [0.3, 0.4) is 0 Å². The van der Waals surface area contributed by atoms with E-state index < -0.39 is 0 Å². The topological polar surface area (TPSA) is 60.4 Å². The summed E-state index contributed by atoms with van der Waals surface area (Å²) in [4.78, 5) is 16.3. The molecular weight excluding hydrogens is 350 g/mol. The Kier molecular flexibility index (Phi) is 4.14. The molecule has 4 aromatic rings. The molecule has 0 amide bonds. The molecule has 6 heteroatoms. The third kappa shape index (κ3) is 3.05. The normalized spacial score (nSPS) is 11.8. The number of aromatic nitrogens is 2. The number of hydrogen-bond acceptors (Lipinski definition) is 4. The van der Waals surface area contributed by atoms with Crippen molar-refractivity contribution in [2.45, 2.75) is 6.92 Å². The molecule has 26 heavy (non-hydrogen) atoms. The van der Waals surface area contributed by atoms with E-state index in [4.69, 9.17) is 16.0 Å². The number of nitrogens with zero attached hydrogens (tertiary/aromatic N) is 3. The molecule has 128 valence electrons. The first-order valence-corrected chi connectivity index (χ1v) is 8.39. The number of halogens is 1. The van der Waals surface area contributed by atoms with Gasteiger partial charge >= 0.3 is 5.68 Å². The predicted octanol–water partition coefficient (Wildman–Crippen LogP) is 4.71. The minimum atomic E-state index is -0.271. The first-order chi connectivity index (χ1) is 12.6. The van der Waals surface area contributed by atoms with Gasteiger partial charge in [-0.2, -0.15) is 9.67 Å². The average molecular weight is 364 g/mol. The Labute approximate surface area is 154 Å². The van der Waals surface area contributed by atoms with Gasteiger partial charge in [0, 0.05) is 17.3 Å². The van der Waals surface area contributed by atoms with Crippen LogP contribution in [0, 0.1) is 0 Å². The number of benzene rings is 3. The van der Waals surface area contributed by atoms with Gasteiger partial charge in [-0.25, -0.2) is 0 Å². The van der Waals surface area contributed by atoms with Crippen LogP contribution in [0.15, 0.2) is 76.1 Å². The van der Waals surface area contributed by atoms with Crippen molar-refractivity contribution in [3.05, 3.63) is 83.3 Å². The molecule has 3 aromatic carbocycles. The lowest BCUT2D eigenvalue weighted by atomic mass is 10.1. The monoisotopic (exact) mass is 363 g/mol. The highest BCUT2D eigenvalue weighted by molar-refractivity contribution is 6.30. The maximum atomic E-state index is 11.7. The summed E-state index contributed by atoms with van der Waals surface area (Å²) in [5, 5.41) is 6.91. The van der Waals surface area contributed by atoms with Gasteiger partial charge in [-0.05, 0) is 35.7 Å². The van der Waals surface area contributed by atoms with E-state index in [-0.39, 0.29) is 17.4 Å². The zero-order valence-electron chi connectivity index (χ0n) is 13.9. The number of fused-ring (bicyclic) bond motifs is 1. The van der Waals surface area contributed by atoms with E-state index in [9.17, 15) is 4.79 Å². The number of rotatable bonds is 3. The van der Waals surface area contributed by atoms with Gasteiger partial charge in [-0.15, -0.1) is 5.10 Å². The third-order valence-corrected chi connectivity index (χ3v) is 4.17. The van der Waals surface area contributed by atoms with Crippen molar-refractivity contribution < 1.29 is 9.21 Å². The molecule has 0 aliphatic rings. The Balaban J connectivity index is 1.96. The number of Topliss-reactive ketones (excluding diaryl/α,β-unsaturated/α-hetero) is 1. The van der Waals surface area contributed by atoms with E-state index in [1.54, 1.807) is 24.3 Å². The van der Waals surface area contributed by atoms with Crippen LogP contribution in [0.1, 0.15) is 17.6 Å². The minimum Gasteiger partial charge on any atom is -0.400 e. The largest absolute Gasteiger partial charge is 0.400 e. The van der Waals surface area contributed by atoms with Crippen LogP contribution in [0.2, 0.25) is 5.02 Å². The standard InChI is InChI=1S/C20H14ClN3O2/c1-13(25)19-23-24(16-11-9-15(21)10-12-16)20(26-19)22-18-8-4-6-14-5-2-3-7-17(14)18/h2-12H,1H3. The van der Waals surface area contributed by atoms with Gasteiger partial charge in [0.05, 0.1) is 11.4 Å². The maximum absolute atomic E-state index is 11.7. The lowest BCUT2D eigenvalue weighted by Gasteiger charge is -2.02. The van der Waals surface area contributed by atoms with Gasteiger partial charge in [0.1, 0.15) is 0 Å². The molecule has 0 aliphatic carbocycles. The molecular formula is C20H14ClN3O2. The van der Waals surface area contributed by atoms with Gasteiger partial charge in [0.2, 0.25) is 5.78 Å². The highest BCUT2D eigenvalue weighted by atomic mass is 35.5. The fourth-order valence-corrected chi connectivity index (χ4v) is 2.78. The molecule has 1 aromatic heterocycles. The Bertz CT molecular complexity index is 1170. The number of carbonyl (C=O) groups excluding carboxylic acids is 1. The molecule has 0 aliphatic heterocycles. The molecule has 5 nitrogen and oxygen atoms in total. The molecule has 1 heterocycles. The molecule has 4 rings (SSSR count). The van der Waals surface area contributed by atoms with Crippen molar-refractivity contribution in [3.8, 4) is 5.69 Å². The fraction of sp³-hybridized carbons (Fsp3) is 0.0500. The number of ketones is 1. The Morgan fingerprint density at radius 3 is 2.54 bits per heavy atom. The van der Waals surface area contributed by atoms with Gasteiger partial charge in [0.25, 0.3) is 5.89 Å². The molecule has 0 unspecified atom stereocenters. The van der Waals surface area contributed by atoms with E-state index in [1.165, 1.54) is 11.6 Å². The summed E-state index contributed by atoms with van der Waals surface area (Å²) in [5.74, 6) is -0.272. The summed E-state index contributed by atoms with van der Waals surface area (Å²) in [5.41, 5.74) is 1.65. The van der Waals surface area contributed by atoms with Crippen molar-refractivity contribution in [3.63, 3.8) is 0 Å². The third-order valence-electron chi connectivity index (χ3n) is 3.92. The van der Waals surface area contributed by atoms with Crippen molar-refractivity contribution >= 4 is 33.8 Å². The van der Waals surface area contributed by atoms with Crippen LogP contribution in [0.25, 0.3) is 16.5 Å². The molecule has 0 saturated carbocycles. The molecule has 0 atom stereocenters. The van der Waals surface area contributed by atoms with Gasteiger partial charge in [-0.1, -0.05) is 48.0 Å². The summed E-state index contributed by atoms with van der Waals surface area (Å²) < 4.78 is 7.11. The lowest BCUT2D eigenvalue weighted by Crippen LogP contribution is -2.15. The van der Waals surface area contributed by atoms with E-state index in [2.05, 4.69) is 10.1 Å². The fourth-order valence-electron chi connectivity index (χ4n) is 2.66. The van der Waals surface area contributed by atoms with E-state index in [0.29, 0.717) is 10.7 Å². The Morgan fingerprint density at radius 1 is 1.04 bits per heavy atom. The van der Waals surface area contributed by atoms with Crippen molar-refractivity contribution in [2.24, 2.45) is 4.99 Å². The molecule has 0 N–H and O–H groups in total. The highest BCUT2D eigenvalue weighted by Crippen LogP contribution is 2.25. The van der Waals surface area contributed by atoms with Crippen LogP contribution < -0.4 is 5.68 Å². The second-order valence-electron chi connectivity index (χ2n) is 5.74. The van der Waals surface area contributed by atoms with Crippen LogP contribution in [-0.2, 0) is 0 Å². The zero-order valence-corrected chi connectivity index (χ0v) is 14.6. The minimum absolute atomic E-state index is 0.000985. The zero-order chi connectivity index (χ0) is 18.1. The average Bonchev–Trinajstić information content (AvgIpc) is 3.07. The lowest BCUT2D eigenvalue weighted by molar-refractivity contribution is 0.0978. The molecule has 0 fully saturated rings. The van der Waals surface area contributed by atoms with Crippen LogP contribution >= 0.6 is 11.6 Å². The van der Waals surface area contributed by atoms with E-state index in [1.807, 2.05) is 42.5 Å². The summed E-state index contributed by atoms with van der Waals surface area (Å²) >= 11 is 5.96. The van der Waals surface area contributed by atoms with Gasteiger partial charge in [0.15, 0.2) is 0 Å². The maximum Gasteiger partial charge on any atom is 0.325 e. The molecule has 0 spiro atoms. The van der Waals surface area contributed by atoms with Gasteiger partial charge in [-0.3, -0.25) is 4.79 Å². The van der Waals surface area contributed by atoms with E-state index >= 15 is 0 Å². The molecule has 0 saturated heterocycles. The first kappa shape index (κ1) is 16.3. The van der Waals surface area contributed by atoms with Crippen molar-refractivity contribution in [1.29, 1.82) is 0 Å². The van der Waals surface area contributed by atoms with Crippen LogP contribution in [-0.4, -0.2) is 15.6 Å². The second-order valence-corrected chi connectivity index (χ2v) is 6.18. The van der Waals surface area contributed by atoms with Gasteiger partial charge < -0.3 is 4.42 Å². The number of hydrogen-bond donors (Lipinski definition) is 0. The summed E-state index contributed by atoms with van der Waals surface area (Å²) in [7, 11) is 0. The van der Waals surface area contributed by atoms with E-state index in [0.717, 1.165) is 16.5 Å². The Hall–Kier alpha value is -3.18. The summed E-state index contributed by atoms with van der Waals surface area (Å²) in [6.45, 7) is 1.40. The summed E-state index contributed by atoms with van der Waals surface area (Å²) in [6, 6.07) is 20.8.